The number of amides is 1. The number of hydrogen-bond acceptors (Lipinski definition) is 6. The van der Waals surface area contributed by atoms with E-state index in [-0.39, 0.29) is 23.0 Å². The molecule has 0 unspecified atom stereocenters. The Morgan fingerprint density at radius 2 is 2.10 bits per heavy atom. The van der Waals surface area contributed by atoms with Crippen LogP contribution in [-0.2, 0) is 4.74 Å². The first-order chi connectivity index (χ1) is 13.7. The Bertz CT molecular complexity index is 950. The molecule has 0 aliphatic carbocycles. The average Bonchev–Trinajstić information content (AvgIpc) is 2.65. The highest BCUT2D eigenvalue weighted by Crippen LogP contribution is 2.45. The van der Waals surface area contributed by atoms with Crippen LogP contribution in [0.4, 0.5) is 29.6 Å². The normalized spacial score (nSPS) is 22.0. The third-order valence-corrected chi connectivity index (χ3v) is 4.92. The Morgan fingerprint density at radius 3 is 2.83 bits per heavy atom. The van der Waals surface area contributed by atoms with Gasteiger partial charge in [-0.1, -0.05) is 0 Å². The highest BCUT2D eigenvalue weighted by molar-refractivity contribution is 5.89. The van der Waals surface area contributed by atoms with Crippen molar-refractivity contribution in [2.75, 3.05) is 29.9 Å². The predicted molar refractivity (Wildman–Crippen MR) is 101 cm³/mol. The van der Waals surface area contributed by atoms with E-state index in [9.17, 15) is 18.0 Å². The van der Waals surface area contributed by atoms with Crippen LogP contribution >= 0.6 is 0 Å². The molecule has 10 heteroatoms. The van der Waals surface area contributed by atoms with Crippen LogP contribution < -0.4 is 15.5 Å². The van der Waals surface area contributed by atoms with Crippen LogP contribution in [0.2, 0.25) is 0 Å². The lowest BCUT2D eigenvalue weighted by Crippen LogP contribution is -2.49. The molecule has 2 aliphatic heterocycles. The number of piperazine rings is 1. The topological polar surface area (TPSA) is 79.4 Å². The van der Waals surface area contributed by atoms with Gasteiger partial charge in [0.15, 0.2) is 0 Å². The second kappa shape index (κ2) is 7.18. The number of aryl methyl sites for hydroxylation is 1. The number of alkyl halides is 3. The number of anilines is 2. The molecule has 29 heavy (non-hydrogen) atoms. The fourth-order valence-electron chi connectivity index (χ4n) is 3.67. The zero-order chi connectivity index (χ0) is 20.8. The monoisotopic (exact) mass is 407 g/mol. The van der Waals surface area contributed by atoms with Crippen molar-refractivity contribution in [3.05, 3.63) is 35.5 Å². The Labute approximate surface area is 165 Å². The van der Waals surface area contributed by atoms with Gasteiger partial charge >= 0.3 is 12.3 Å². The molecular formula is C19H20F3N5O2. The fraction of sp³-hybridized carbons (Fsp3) is 0.421. The first-order valence-electron chi connectivity index (χ1n) is 9.23. The number of halogens is 3. The van der Waals surface area contributed by atoms with E-state index < -0.39 is 18.4 Å². The van der Waals surface area contributed by atoms with Crippen LogP contribution in [0.3, 0.4) is 0 Å². The van der Waals surface area contributed by atoms with E-state index in [1.54, 1.807) is 6.07 Å². The average molecular weight is 407 g/mol. The minimum Gasteiger partial charge on any atom is -0.431 e. The summed E-state index contributed by atoms with van der Waals surface area (Å²) in [5.41, 5.74) is 1.23. The van der Waals surface area contributed by atoms with Crippen molar-refractivity contribution in [1.29, 1.82) is 0 Å². The van der Waals surface area contributed by atoms with Crippen LogP contribution in [0.25, 0.3) is 11.3 Å². The number of ether oxygens (including phenoxy) is 1. The number of pyridine rings is 2. The summed E-state index contributed by atoms with van der Waals surface area (Å²) in [6, 6.07) is 5.37. The van der Waals surface area contributed by atoms with Crippen molar-refractivity contribution in [2.24, 2.45) is 0 Å². The smallest absolute Gasteiger partial charge is 0.430 e. The van der Waals surface area contributed by atoms with Crippen molar-refractivity contribution in [3.63, 3.8) is 0 Å². The molecule has 1 saturated heterocycles. The number of hydrogen-bond donors (Lipinski definition) is 2. The van der Waals surface area contributed by atoms with Gasteiger partial charge in [0.05, 0.1) is 11.3 Å². The standard InChI is InChI=1S/C19H20F3N5O2/c1-10-7-13(25-14(8-10)27-6-5-23-11(2)9-27)12-3-4-24-17-15(12)16(19(20,21)22)29-18(28)26-17/h3-4,7-8,11,16,23H,5-6,9H2,1-2H3,(H,24,26,28)/t11-,16-/m0/s1. The van der Waals surface area contributed by atoms with Crippen molar-refractivity contribution in [3.8, 4) is 11.3 Å². The van der Waals surface area contributed by atoms with Gasteiger partial charge in [0.1, 0.15) is 11.6 Å². The summed E-state index contributed by atoms with van der Waals surface area (Å²) in [4.78, 5) is 22.2. The molecule has 7 nitrogen and oxygen atoms in total. The van der Waals surface area contributed by atoms with E-state index >= 15 is 0 Å². The van der Waals surface area contributed by atoms with Gasteiger partial charge in [0, 0.05) is 37.4 Å². The molecule has 0 aromatic carbocycles. The van der Waals surface area contributed by atoms with E-state index in [0.717, 1.165) is 25.2 Å². The van der Waals surface area contributed by atoms with E-state index in [4.69, 9.17) is 0 Å². The molecule has 0 radical (unpaired) electrons. The number of carbonyl (C=O) groups is 1. The quantitative estimate of drug-likeness (QED) is 0.794. The first-order valence-corrected chi connectivity index (χ1v) is 9.23. The molecule has 2 N–H and O–H groups in total. The van der Waals surface area contributed by atoms with Crippen molar-refractivity contribution >= 4 is 17.7 Å². The molecular weight excluding hydrogens is 387 g/mol. The highest BCUT2D eigenvalue weighted by atomic mass is 19.4. The lowest BCUT2D eigenvalue weighted by atomic mass is 9.98. The third-order valence-electron chi connectivity index (χ3n) is 4.92. The molecule has 154 valence electrons. The SMILES string of the molecule is Cc1cc(-c2ccnc3c2[C@@H](C(F)(F)F)OC(=O)N3)nc(N2CCN[C@@H](C)C2)c1. The second-order valence-electron chi connectivity index (χ2n) is 7.26. The van der Waals surface area contributed by atoms with E-state index in [1.807, 2.05) is 13.0 Å². The maximum Gasteiger partial charge on any atom is 0.430 e. The molecule has 4 rings (SSSR count). The Balaban J connectivity index is 1.82. The van der Waals surface area contributed by atoms with Crippen LogP contribution in [0, 0.1) is 6.92 Å². The number of carbonyl (C=O) groups excluding carboxylic acids is 1. The summed E-state index contributed by atoms with van der Waals surface area (Å²) in [7, 11) is 0. The van der Waals surface area contributed by atoms with Gasteiger partial charge < -0.3 is 15.0 Å². The van der Waals surface area contributed by atoms with Gasteiger partial charge in [-0.25, -0.2) is 14.8 Å². The minimum absolute atomic E-state index is 0.165. The van der Waals surface area contributed by atoms with Crippen molar-refractivity contribution in [1.82, 2.24) is 15.3 Å². The zero-order valence-corrected chi connectivity index (χ0v) is 15.9. The number of aromatic nitrogens is 2. The van der Waals surface area contributed by atoms with Crippen molar-refractivity contribution in [2.45, 2.75) is 32.2 Å². The molecule has 0 saturated carbocycles. The van der Waals surface area contributed by atoms with Gasteiger partial charge in [-0.2, -0.15) is 13.2 Å². The van der Waals surface area contributed by atoms with Crippen LogP contribution in [-0.4, -0.2) is 47.9 Å². The Hall–Kier alpha value is -2.88. The molecule has 1 fully saturated rings. The summed E-state index contributed by atoms with van der Waals surface area (Å²) in [5, 5.41) is 5.60. The van der Waals surface area contributed by atoms with Crippen LogP contribution in [0.1, 0.15) is 24.2 Å². The number of nitrogens with one attached hydrogen (secondary N) is 2. The molecule has 0 bridgehead atoms. The zero-order valence-electron chi connectivity index (χ0n) is 15.9. The fourth-order valence-corrected chi connectivity index (χ4v) is 3.67. The molecule has 1 amide bonds. The molecule has 2 aromatic heterocycles. The first kappa shape index (κ1) is 19.4. The summed E-state index contributed by atoms with van der Waals surface area (Å²) in [6.45, 7) is 6.23. The minimum atomic E-state index is -4.77. The largest absolute Gasteiger partial charge is 0.431 e. The maximum absolute atomic E-state index is 13.6. The molecule has 0 spiro atoms. The van der Waals surface area contributed by atoms with E-state index in [2.05, 4.69) is 37.2 Å². The lowest BCUT2D eigenvalue weighted by molar-refractivity contribution is -0.206. The molecule has 2 aromatic rings. The summed E-state index contributed by atoms with van der Waals surface area (Å²) in [6.07, 6.45) is -7.01. The summed E-state index contributed by atoms with van der Waals surface area (Å²) < 4.78 is 45.4. The van der Waals surface area contributed by atoms with Crippen LogP contribution in [0.5, 0.6) is 0 Å². The molecule has 2 aliphatic rings. The number of cyclic esters (lactones) is 1. The van der Waals surface area contributed by atoms with Gasteiger partial charge in [-0.3, -0.25) is 5.32 Å². The van der Waals surface area contributed by atoms with Gasteiger partial charge in [0.2, 0.25) is 6.10 Å². The van der Waals surface area contributed by atoms with Crippen molar-refractivity contribution < 1.29 is 22.7 Å². The second-order valence-corrected chi connectivity index (χ2v) is 7.26. The Kier molecular flexibility index (Phi) is 4.81. The van der Waals surface area contributed by atoms with E-state index in [0.29, 0.717) is 11.5 Å². The van der Waals surface area contributed by atoms with Crippen LogP contribution in [0.15, 0.2) is 24.4 Å². The van der Waals surface area contributed by atoms with Gasteiger partial charge in [-0.05, 0) is 37.6 Å². The predicted octanol–water partition coefficient (Wildman–Crippen LogP) is 3.42. The highest BCUT2D eigenvalue weighted by Gasteiger charge is 2.49. The maximum atomic E-state index is 13.6. The third kappa shape index (κ3) is 3.84. The molecule has 2 atom stereocenters. The Morgan fingerprint density at radius 1 is 1.31 bits per heavy atom. The number of rotatable bonds is 2. The van der Waals surface area contributed by atoms with E-state index in [1.165, 1.54) is 12.3 Å². The summed E-state index contributed by atoms with van der Waals surface area (Å²) in [5.74, 6) is 0.532. The number of nitrogens with zero attached hydrogens (tertiary/aromatic N) is 3. The summed E-state index contributed by atoms with van der Waals surface area (Å²) >= 11 is 0. The number of fused-ring (bicyclic) bond motifs is 1. The van der Waals surface area contributed by atoms with Gasteiger partial charge in [0.25, 0.3) is 0 Å². The lowest BCUT2D eigenvalue weighted by Gasteiger charge is -2.33. The molecule has 4 heterocycles. The van der Waals surface area contributed by atoms with Gasteiger partial charge in [-0.15, -0.1) is 0 Å².